The number of ether oxygens (including phenoxy) is 2. The summed E-state index contributed by atoms with van der Waals surface area (Å²) in [5, 5.41) is 21.2. The Morgan fingerprint density at radius 1 is 1.33 bits per heavy atom. The molecule has 0 aromatic carbocycles. The normalized spacial score (nSPS) is 24.1. The lowest BCUT2D eigenvalue weighted by atomic mass is 10.1. The summed E-state index contributed by atoms with van der Waals surface area (Å²) in [6.07, 6.45) is 1.25. The van der Waals surface area contributed by atoms with Crippen LogP contribution in [-0.4, -0.2) is 58.3 Å². The van der Waals surface area contributed by atoms with E-state index in [-0.39, 0.29) is 24.9 Å². The minimum atomic E-state index is -0.954. The van der Waals surface area contributed by atoms with Crippen LogP contribution in [0.15, 0.2) is 11.5 Å². The number of unbranched alkanes of at least 4 members (excludes halogenated alkanes) is 1. The van der Waals surface area contributed by atoms with E-state index in [1.807, 2.05) is 18.7 Å². The number of amides is 1. The Hall–Kier alpha value is -1.90. The van der Waals surface area contributed by atoms with Crippen molar-refractivity contribution in [1.29, 1.82) is 0 Å². The summed E-state index contributed by atoms with van der Waals surface area (Å²) in [5.41, 5.74) is 0. The molecule has 2 rings (SSSR count). The number of esters is 2. The van der Waals surface area contributed by atoms with Crippen molar-refractivity contribution in [2.75, 3.05) is 18.1 Å². The van der Waals surface area contributed by atoms with Crippen molar-refractivity contribution in [3.63, 3.8) is 0 Å². The number of carbonyl (C=O) groups is 3. The Kier molecular flexibility index (Phi) is 10.1. The molecular weight excluding hydrogens is 374 g/mol. The molecule has 2 aliphatic heterocycles. The fraction of sp³-hybridized carbons (Fsp3) is 0.722. The maximum absolute atomic E-state index is 11.1. The number of hydrogen-bond donors (Lipinski definition) is 3. The standard InChI is InChI=1S/C11H16O6.C7H13NOS/c1-2-3-4-8(12)16-6-5-7-9(13)10(14)11(15)17-7;1-5-3-10-4-7(5)8-6(2)9/h7,13-14H,2-6H2,1H3;5,7H,3-4H2,1-2H3,(H,8,9). The van der Waals surface area contributed by atoms with Crippen LogP contribution in [-0.2, 0) is 23.9 Å². The minimum Gasteiger partial charge on any atom is -0.505 e. The molecule has 1 amide bonds. The van der Waals surface area contributed by atoms with Gasteiger partial charge in [0.2, 0.25) is 11.7 Å². The van der Waals surface area contributed by atoms with Gasteiger partial charge < -0.3 is 25.0 Å². The van der Waals surface area contributed by atoms with Gasteiger partial charge in [0.15, 0.2) is 11.9 Å². The van der Waals surface area contributed by atoms with E-state index in [0.717, 1.165) is 18.6 Å². The third-order valence-corrected chi connectivity index (χ3v) is 5.48. The number of hydrogen-bond acceptors (Lipinski definition) is 8. The molecule has 1 saturated heterocycles. The zero-order valence-corrected chi connectivity index (χ0v) is 16.8. The van der Waals surface area contributed by atoms with Crippen molar-refractivity contribution in [1.82, 2.24) is 5.32 Å². The fourth-order valence-corrected chi connectivity index (χ4v) is 3.88. The number of aliphatic hydroxyl groups excluding tert-OH is 2. The summed E-state index contributed by atoms with van der Waals surface area (Å²) >= 11 is 1.92. The number of rotatable bonds is 7. The van der Waals surface area contributed by atoms with Crippen molar-refractivity contribution in [3.05, 3.63) is 11.5 Å². The largest absolute Gasteiger partial charge is 0.505 e. The highest BCUT2D eigenvalue weighted by Crippen LogP contribution is 2.23. The van der Waals surface area contributed by atoms with Crippen LogP contribution in [0.1, 0.15) is 46.5 Å². The van der Waals surface area contributed by atoms with Crippen LogP contribution in [0, 0.1) is 5.92 Å². The molecule has 9 heteroatoms. The maximum atomic E-state index is 11.1. The Morgan fingerprint density at radius 2 is 2.04 bits per heavy atom. The summed E-state index contributed by atoms with van der Waals surface area (Å²) < 4.78 is 9.52. The van der Waals surface area contributed by atoms with Crippen molar-refractivity contribution in [3.8, 4) is 0 Å². The molecule has 0 aliphatic carbocycles. The van der Waals surface area contributed by atoms with Gasteiger partial charge in [-0.1, -0.05) is 20.3 Å². The lowest BCUT2D eigenvalue weighted by Gasteiger charge is -2.14. The minimum absolute atomic E-state index is 0.0395. The van der Waals surface area contributed by atoms with Gasteiger partial charge in [-0.15, -0.1) is 0 Å². The van der Waals surface area contributed by atoms with Crippen molar-refractivity contribution in [2.24, 2.45) is 5.92 Å². The molecule has 0 aromatic rings. The highest BCUT2D eigenvalue weighted by molar-refractivity contribution is 7.99. The van der Waals surface area contributed by atoms with E-state index in [0.29, 0.717) is 18.4 Å². The van der Waals surface area contributed by atoms with Crippen LogP contribution in [0.4, 0.5) is 0 Å². The molecule has 0 spiro atoms. The Balaban J connectivity index is 0.000000309. The van der Waals surface area contributed by atoms with E-state index in [2.05, 4.69) is 17.0 Å². The van der Waals surface area contributed by atoms with Crippen LogP contribution in [0.25, 0.3) is 0 Å². The van der Waals surface area contributed by atoms with Gasteiger partial charge >= 0.3 is 11.9 Å². The third-order valence-electron chi connectivity index (χ3n) is 4.12. The van der Waals surface area contributed by atoms with Crippen molar-refractivity contribution >= 4 is 29.6 Å². The SMILES string of the molecule is CC(=O)NC1CSCC1C.CCCCC(=O)OCCC1OC(=O)C(O)=C1O. The number of thioether (sulfide) groups is 1. The van der Waals surface area contributed by atoms with Gasteiger partial charge in [0.25, 0.3) is 0 Å². The predicted octanol–water partition coefficient (Wildman–Crippen LogP) is 2.24. The number of cyclic esters (lactones) is 1. The van der Waals surface area contributed by atoms with Gasteiger partial charge in [-0.25, -0.2) is 4.79 Å². The lowest BCUT2D eigenvalue weighted by molar-refractivity contribution is -0.146. The molecule has 2 heterocycles. The Labute approximate surface area is 163 Å². The first-order chi connectivity index (χ1) is 12.8. The smallest absolute Gasteiger partial charge is 0.377 e. The molecule has 0 bridgehead atoms. The number of carbonyl (C=O) groups excluding carboxylic acids is 3. The van der Waals surface area contributed by atoms with E-state index >= 15 is 0 Å². The zero-order chi connectivity index (χ0) is 20.4. The second kappa shape index (κ2) is 11.7. The summed E-state index contributed by atoms with van der Waals surface area (Å²) in [4.78, 5) is 32.6. The summed E-state index contributed by atoms with van der Waals surface area (Å²) in [5.74, 6) is 0.472. The average molecular weight is 403 g/mol. The molecule has 3 unspecified atom stereocenters. The first-order valence-electron chi connectivity index (χ1n) is 9.09. The molecule has 0 aromatic heterocycles. The topological polar surface area (TPSA) is 122 Å². The number of nitrogens with one attached hydrogen (secondary N) is 1. The van der Waals surface area contributed by atoms with Gasteiger partial charge in [0, 0.05) is 31.6 Å². The van der Waals surface area contributed by atoms with Gasteiger partial charge in [0.1, 0.15) is 0 Å². The molecule has 8 nitrogen and oxygen atoms in total. The molecule has 154 valence electrons. The predicted molar refractivity (Wildman–Crippen MR) is 101 cm³/mol. The van der Waals surface area contributed by atoms with Crippen LogP contribution >= 0.6 is 11.8 Å². The van der Waals surface area contributed by atoms with E-state index in [9.17, 15) is 19.5 Å². The molecular formula is C18H29NO7S. The highest BCUT2D eigenvalue weighted by atomic mass is 32.2. The molecule has 0 radical (unpaired) electrons. The zero-order valence-electron chi connectivity index (χ0n) is 16.0. The van der Waals surface area contributed by atoms with Gasteiger partial charge in [-0.05, 0) is 18.1 Å². The van der Waals surface area contributed by atoms with Crippen LogP contribution in [0.3, 0.4) is 0 Å². The van der Waals surface area contributed by atoms with Crippen LogP contribution in [0.2, 0.25) is 0 Å². The third kappa shape index (κ3) is 8.11. The van der Waals surface area contributed by atoms with E-state index in [1.165, 1.54) is 5.75 Å². The average Bonchev–Trinajstić information content (AvgIpc) is 3.11. The van der Waals surface area contributed by atoms with E-state index in [4.69, 9.17) is 9.84 Å². The van der Waals surface area contributed by atoms with Gasteiger partial charge in [-0.3, -0.25) is 9.59 Å². The molecule has 3 N–H and O–H groups in total. The monoisotopic (exact) mass is 403 g/mol. The first-order valence-corrected chi connectivity index (χ1v) is 10.2. The molecule has 0 saturated carbocycles. The lowest BCUT2D eigenvalue weighted by Crippen LogP contribution is -2.37. The van der Waals surface area contributed by atoms with Crippen LogP contribution in [0.5, 0.6) is 0 Å². The fourth-order valence-electron chi connectivity index (χ4n) is 2.47. The second-order valence-corrected chi connectivity index (χ2v) is 7.64. The quantitative estimate of drug-likeness (QED) is 0.553. The molecule has 2 aliphatic rings. The summed E-state index contributed by atoms with van der Waals surface area (Å²) in [6.45, 7) is 5.77. The molecule has 1 fully saturated rings. The van der Waals surface area contributed by atoms with Gasteiger partial charge in [-0.2, -0.15) is 11.8 Å². The summed E-state index contributed by atoms with van der Waals surface area (Å²) in [6, 6.07) is 0.419. The van der Waals surface area contributed by atoms with Crippen molar-refractivity contribution < 1.29 is 34.1 Å². The highest BCUT2D eigenvalue weighted by Gasteiger charge is 2.34. The molecule has 27 heavy (non-hydrogen) atoms. The van der Waals surface area contributed by atoms with E-state index in [1.54, 1.807) is 6.92 Å². The first kappa shape index (κ1) is 23.1. The summed E-state index contributed by atoms with van der Waals surface area (Å²) in [7, 11) is 0. The van der Waals surface area contributed by atoms with E-state index < -0.39 is 23.6 Å². The molecule has 3 atom stereocenters. The maximum Gasteiger partial charge on any atom is 0.377 e. The second-order valence-electron chi connectivity index (χ2n) is 6.56. The van der Waals surface area contributed by atoms with Crippen molar-refractivity contribution in [2.45, 2.75) is 58.6 Å². The van der Waals surface area contributed by atoms with Crippen LogP contribution < -0.4 is 5.32 Å². The Morgan fingerprint density at radius 3 is 2.52 bits per heavy atom. The van der Waals surface area contributed by atoms with Gasteiger partial charge in [0.05, 0.1) is 6.61 Å². The Bertz CT molecular complexity index is 564. The number of aliphatic hydroxyl groups is 2.